The Morgan fingerprint density at radius 1 is 1.26 bits per heavy atom. The summed E-state index contributed by atoms with van der Waals surface area (Å²) < 4.78 is 0. The summed E-state index contributed by atoms with van der Waals surface area (Å²) >= 11 is 3.52. The Balaban J connectivity index is 2.51. The first-order valence-electron chi connectivity index (χ1n) is 6.82. The Morgan fingerprint density at radius 2 is 2.00 bits per heavy atom. The second-order valence-electron chi connectivity index (χ2n) is 5.13. The lowest BCUT2D eigenvalue weighted by Crippen LogP contribution is -2.32. The Bertz CT molecular complexity index is 551. The van der Waals surface area contributed by atoms with Crippen LogP contribution in [0, 0.1) is 6.92 Å². The van der Waals surface area contributed by atoms with Gasteiger partial charge in [0.25, 0.3) is 0 Å². The smallest absolute Gasteiger partial charge is 0.0726 e. The summed E-state index contributed by atoms with van der Waals surface area (Å²) in [6.07, 6.45) is 1.15. The molecule has 0 N–H and O–H groups in total. The molecule has 0 fully saturated rings. The molecule has 0 bridgehead atoms. The maximum atomic E-state index is 4.62. The van der Waals surface area contributed by atoms with Crippen molar-refractivity contribution in [3.8, 4) is 0 Å². The molecule has 0 amide bonds. The fraction of sp³-hybridized carbons (Fsp3) is 0.438. The molecule has 0 aliphatic rings. The minimum atomic E-state index is 0.490. The summed E-state index contributed by atoms with van der Waals surface area (Å²) in [4.78, 5) is 7.09. The van der Waals surface area contributed by atoms with Crippen LogP contribution in [-0.2, 0) is 0 Å². The molecule has 0 atom stereocenters. The van der Waals surface area contributed by atoms with Gasteiger partial charge < -0.3 is 4.90 Å². The van der Waals surface area contributed by atoms with E-state index in [4.69, 9.17) is 0 Å². The summed E-state index contributed by atoms with van der Waals surface area (Å²) in [5.74, 6) is 0. The quantitative estimate of drug-likeness (QED) is 0.752. The van der Waals surface area contributed by atoms with Crippen molar-refractivity contribution in [2.24, 2.45) is 0 Å². The van der Waals surface area contributed by atoms with E-state index in [1.165, 1.54) is 11.1 Å². The summed E-state index contributed by atoms with van der Waals surface area (Å²) in [5, 5.41) is 2.29. The highest BCUT2D eigenvalue weighted by molar-refractivity contribution is 9.09. The van der Waals surface area contributed by atoms with E-state index in [9.17, 15) is 0 Å². The summed E-state index contributed by atoms with van der Waals surface area (Å²) in [6, 6.07) is 11.1. The molecule has 0 aliphatic heterocycles. The van der Waals surface area contributed by atoms with Gasteiger partial charge in [-0.25, -0.2) is 0 Å². The van der Waals surface area contributed by atoms with Crippen molar-refractivity contribution >= 4 is 32.5 Å². The number of hydrogen-bond donors (Lipinski definition) is 0. The van der Waals surface area contributed by atoms with Crippen molar-refractivity contribution in [3.05, 3.63) is 36.0 Å². The maximum absolute atomic E-state index is 4.62. The number of para-hydroxylation sites is 1. The van der Waals surface area contributed by atoms with Gasteiger partial charge in [0.2, 0.25) is 0 Å². The van der Waals surface area contributed by atoms with Crippen LogP contribution in [0.4, 0.5) is 5.69 Å². The number of alkyl halides is 1. The maximum Gasteiger partial charge on any atom is 0.0726 e. The van der Waals surface area contributed by atoms with Crippen LogP contribution in [0.1, 0.15) is 26.0 Å². The number of halogens is 1. The lowest BCUT2D eigenvalue weighted by molar-refractivity contribution is 0.676. The van der Waals surface area contributed by atoms with Crippen molar-refractivity contribution in [3.63, 3.8) is 0 Å². The van der Waals surface area contributed by atoms with Crippen LogP contribution in [0.15, 0.2) is 30.3 Å². The molecule has 0 aliphatic carbocycles. The number of rotatable bonds is 5. The SMILES string of the molecule is Cc1cc(N(CCCBr)C(C)C)c2ccccc2n1. The van der Waals surface area contributed by atoms with E-state index in [0.717, 1.165) is 29.5 Å². The van der Waals surface area contributed by atoms with Gasteiger partial charge in [-0.15, -0.1) is 0 Å². The highest BCUT2D eigenvalue weighted by atomic mass is 79.9. The van der Waals surface area contributed by atoms with Crippen LogP contribution in [0.3, 0.4) is 0 Å². The highest BCUT2D eigenvalue weighted by Gasteiger charge is 2.14. The van der Waals surface area contributed by atoms with Crippen LogP contribution in [0.5, 0.6) is 0 Å². The van der Waals surface area contributed by atoms with Gasteiger partial charge in [0, 0.05) is 34.7 Å². The lowest BCUT2D eigenvalue weighted by Gasteiger charge is -2.30. The fourth-order valence-electron chi connectivity index (χ4n) is 2.41. The Kier molecular flexibility index (Phi) is 4.81. The molecule has 0 spiro atoms. The van der Waals surface area contributed by atoms with Crippen molar-refractivity contribution < 1.29 is 0 Å². The molecule has 1 heterocycles. The fourth-order valence-corrected chi connectivity index (χ4v) is 2.66. The Hall–Kier alpha value is -1.09. The third-order valence-corrected chi connectivity index (χ3v) is 3.85. The molecule has 19 heavy (non-hydrogen) atoms. The molecular weight excluding hydrogens is 300 g/mol. The second-order valence-corrected chi connectivity index (χ2v) is 5.92. The third-order valence-electron chi connectivity index (χ3n) is 3.29. The molecule has 2 rings (SSSR count). The van der Waals surface area contributed by atoms with Crippen LogP contribution in [0.25, 0.3) is 10.9 Å². The van der Waals surface area contributed by atoms with Gasteiger partial charge in [0.05, 0.1) is 5.52 Å². The van der Waals surface area contributed by atoms with Gasteiger partial charge in [-0.3, -0.25) is 4.98 Å². The monoisotopic (exact) mass is 320 g/mol. The number of fused-ring (bicyclic) bond motifs is 1. The van der Waals surface area contributed by atoms with Gasteiger partial charge in [-0.2, -0.15) is 0 Å². The van der Waals surface area contributed by atoms with Gasteiger partial charge in [-0.05, 0) is 39.3 Å². The van der Waals surface area contributed by atoms with E-state index in [-0.39, 0.29) is 0 Å². The summed E-state index contributed by atoms with van der Waals surface area (Å²) in [5.41, 5.74) is 3.47. The van der Waals surface area contributed by atoms with Crippen molar-refractivity contribution in [2.75, 3.05) is 16.8 Å². The first kappa shape index (κ1) is 14.3. The van der Waals surface area contributed by atoms with E-state index in [0.29, 0.717) is 6.04 Å². The number of benzene rings is 1. The predicted molar refractivity (Wildman–Crippen MR) is 87.4 cm³/mol. The van der Waals surface area contributed by atoms with Crippen LogP contribution in [-0.4, -0.2) is 22.9 Å². The predicted octanol–water partition coefficient (Wildman–Crippen LogP) is 4.54. The number of anilines is 1. The number of hydrogen-bond acceptors (Lipinski definition) is 2. The first-order chi connectivity index (χ1) is 9.13. The molecule has 102 valence electrons. The average Bonchev–Trinajstić information content (AvgIpc) is 2.38. The third kappa shape index (κ3) is 3.27. The van der Waals surface area contributed by atoms with E-state index < -0.39 is 0 Å². The molecule has 3 heteroatoms. The van der Waals surface area contributed by atoms with E-state index in [1.54, 1.807) is 0 Å². The van der Waals surface area contributed by atoms with E-state index in [2.05, 4.69) is 76.9 Å². The number of pyridine rings is 1. The van der Waals surface area contributed by atoms with Crippen LogP contribution < -0.4 is 4.90 Å². The molecule has 1 aromatic heterocycles. The van der Waals surface area contributed by atoms with E-state index >= 15 is 0 Å². The zero-order valence-corrected chi connectivity index (χ0v) is 13.4. The van der Waals surface area contributed by atoms with Crippen molar-refractivity contribution in [2.45, 2.75) is 33.2 Å². The summed E-state index contributed by atoms with van der Waals surface area (Å²) in [7, 11) is 0. The second kappa shape index (κ2) is 6.38. The number of aryl methyl sites for hydroxylation is 1. The minimum absolute atomic E-state index is 0.490. The van der Waals surface area contributed by atoms with E-state index in [1.807, 2.05) is 0 Å². The zero-order chi connectivity index (χ0) is 13.8. The van der Waals surface area contributed by atoms with Crippen molar-refractivity contribution in [1.82, 2.24) is 4.98 Å². The highest BCUT2D eigenvalue weighted by Crippen LogP contribution is 2.28. The van der Waals surface area contributed by atoms with Gasteiger partial charge >= 0.3 is 0 Å². The van der Waals surface area contributed by atoms with Crippen LogP contribution in [0.2, 0.25) is 0 Å². The molecule has 2 nitrogen and oxygen atoms in total. The van der Waals surface area contributed by atoms with Crippen molar-refractivity contribution in [1.29, 1.82) is 0 Å². The van der Waals surface area contributed by atoms with Gasteiger partial charge in [0.15, 0.2) is 0 Å². The molecule has 0 unspecified atom stereocenters. The Morgan fingerprint density at radius 3 is 2.68 bits per heavy atom. The molecule has 2 aromatic rings. The molecule has 1 aromatic carbocycles. The molecule has 0 saturated carbocycles. The lowest BCUT2D eigenvalue weighted by atomic mass is 10.1. The molecule has 0 saturated heterocycles. The molecular formula is C16H21BrN2. The molecule has 0 radical (unpaired) electrons. The number of aromatic nitrogens is 1. The normalized spacial score (nSPS) is 11.2. The first-order valence-corrected chi connectivity index (χ1v) is 7.94. The zero-order valence-electron chi connectivity index (χ0n) is 11.9. The average molecular weight is 321 g/mol. The standard InChI is InChI=1S/C16H21BrN2/c1-12(2)19(10-6-9-17)16-11-13(3)18-15-8-5-4-7-14(15)16/h4-5,7-8,11-12H,6,9-10H2,1-3H3. The minimum Gasteiger partial charge on any atom is -0.368 e. The topological polar surface area (TPSA) is 16.1 Å². The Labute approximate surface area is 124 Å². The number of nitrogens with zero attached hydrogens (tertiary/aromatic N) is 2. The largest absolute Gasteiger partial charge is 0.368 e. The van der Waals surface area contributed by atoms with Gasteiger partial charge in [-0.1, -0.05) is 34.1 Å². The van der Waals surface area contributed by atoms with Crippen LogP contribution >= 0.6 is 15.9 Å². The summed E-state index contributed by atoms with van der Waals surface area (Å²) in [6.45, 7) is 7.63. The van der Waals surface area contributed by atoms with Gasteiger partial charge in [0.1, 0.15) is 0 Å².